The molecule has 0 aromatic heterocycles. The Balaban J connectivity index is 2.12. The molecule has 0 heterocycles. The predicted octanol–water partition coefficient (Wildman–Crippen LogP) is 2.36. The molecule has 112 valence electrons. The van der Waals surface area contributed by atoms with E-state index in [0.29, 0.717) is 12.8 Å². The molecule has 6 heteroatoms. The summed E-state index contributed by atoms with van der Waals surface area (Å²) in [6.07, 6.45) is 2.43. The Labute approximate surface area is 121 Å². The van der Waals surface area contributed by atoms with Gasteiger partial charge in [-0.15, -0.1) is 0 Å². The first kappa shape index (κ1) is 15.0. The highest BCUT2D eigenvalue weighted by atomic mass is 16.4. The van der Waals surface area contributed by atoms with Crippen LogP contribution in [-0.2, 0) is 9.59 Å². The number of hydrogen-bond donors (Lipinski definition) is 3. The van der Waals surface area contributed by atoms with E-state index in [1.54, 1.807) is 12.1 Å². The molecule has 1 fully saturated rings. The monoisotopic (exact) mass is 291 g/mol. The number of benzene rings is 1. The van der Waals surface area contributed by atoms with Crippen LogP contribution < -0.4 is 5.32 Å². The van der Waals surface area contributed by atoms with Crippen molar-refractivity contribution < 1.29 is 24.6 Å². The molecule has 2 rings (SSSR count). The fourth-order valence-electron chi connectivity index (χ4n) is 2.80. The number of nitrogens with one attached hydrogen (secondary N) is 1. The number of carbonyl (C=O) groups excluding carboxylic acids is 1. The molecule has 1 aliphatic carbocycles. The van der Waals surface area contributed by atoms with Crippen molar-refractivity contribution >= 4 is 23.5 Å². The van der Waals surface area contributed by atoms with Gasteiger partial charge in [-0.1, -0.05) is 25.0 Å². The van der Waals surface area contributed by atoms with Crippen molar-refractivity contribution in [1.82, 2.24) is 0 Å². The van der Waals surface area contributed by atoms with Gasteiger partial charge in [-0.2, -0.15) is 0 Å². The highest BCUT2D eigenvalue weighted by Gasteiger charge is 2.43. The van der Waals surface area contributed by atoms with Crippen molar-refractivity contribution in [2.75, 3.05) is 5.32 Å². The van der Waals surface area contributed by atoms with Gasteiger partial charge in [0.05, 0.1) is 16.7 Å². The molecule has 0 radical (unpaired) electrons. The van der Waals surface area contributed by atoms with Gasteiger partial charge in [0.1, 0.15) is 0 Å². The van der Waals surface area contributed by atoms with Crippen molar-refractivity contribution in [3.63, 3.8) is 0 Å². The number of aromatic carboxylic acids is 1. The van der Waals surface area contributed by atoms with Gasteiger partial charge in [0.15, 0.2) is 0 Å². The SMILES string of the molecule is O=C(CC1(C(=O)O)CCCC1)Nc1ccccc1C(=O)O. The maximum absolute atomic E-state index is 12.1. The standard InChI is InChI=1S/C15H17NO5/c17-12(9-15(14(20)21)7-3-4-8-15)16-11-6-2-1-5-10(11)13(18)19/h1-2,5-6H,3-4,7-9H2,(H,16,17)(H,18,19)(H,20,21). The molecule has 0 unspecified atom stereocenters. The molecule has 0 saturated heterocycles. The zero-order chi connectivity index (χ0) is 15.5. The van der Waals surface area contributed by atoms with E-state index in [1.807, 2.05) is 0 Å². The van der Waals surface area contributed by atoms with Gasteiger partial charge in [-0.3, -0.25) is 9.59 Å². The van der Waals surface area contributed by atoms with Crippen LogP contribution in [0.25, 0.3) is 0 Å². The zero-order valence-electron chi connectivity index (χ0n) is 11.5. The first-order chi connectivity index (χ1) is 9.94. The van der Waals surface area contributed by atoms with Crippen molar-refractivity contribution in [2.24, 2.45) is 5.41 Å². The van der Waals surface area contributed by atoms with Crippen LogP contribution >= 0.6 is 0 Å². The number of carboxylic acid groups (broad SMARTS) is 2. The molecule has 1 saturated carbocycles. The number of hydrogen-bond acceptors (Lipinski definition) is 3. The summed E-state index contributed by atoms with van der Waals surface area (Å²) >= 11 is 0. The van der Waals surface area contributed by atoms with E-state index in [2.05, 4.69) is 5.32 Å². The number of amides is 1. The number of carboxylic acids is 2. The summed E-state index contributed by atoms with van der Waals surface area (Å²) in [6.45, 7) is 0. The molecule has 0 spiro atoms. The topological polar surface area (TPSA) is 104 Å². The average Bonchev–Trinajstić information content (AvgIpc) is 2.88. The van der Waals surface area contributed by atoms with Gasteiger partial charge in [0, 0.05) is 6.42 Å². The van der Waals surface area contributed by atoms with E-state index in [0.717, 1.165) is 12.8 Å². The van der Waals surface area contributed by atoms with Gasteiger partial charge >= 0.3 is 11.9 Å². The summed E-state index contributed by atoms with van der Waals surface area (Å²) in [5, 5.41) is 20.9. The van der Waals surface area contributed by atoms with Gasteiger partial charge in [-0.05, 0) is 25.0 Å². The Morgan fingerprint density at radius 2 is 1.71 bits per heavy atom. The third-order valence-corrected chi connectivity index (χ3v) is 3.94. The lowest BCUT2D eigenvalue weighted by molar-refractivity contribution is -0.150. The van der Waals surface area contributed by atoms with Crippen molar-refractivity contribution in [1.29, 1.82) is 0 Å². The second-order valence-corrected chi connectivity index (χ2v) is 5.37. The number of carbonyl (C=O) groups is 3. The molecular weight excluding hydrogens is 274 g/mol. The molecule has 1 aromatic rings. The Kier molecular flexibility index (Phi) is 4.26. The van der Waals surface area contributed by atoms with Crippen LogP contribution in [0.3, 0.4) is 0 Å². The summed E-state index contributed by atoms with van der Waals surface area (Å²) in [4.78, 5) is 34.6. The predicted molar refractivity (Wildman–Crippen MR) is 75.2 cm³/mol. The number of aliphatic carboxylic acids is 1. The lowest BCUT2D eigenvalue weighted by Gasteiger charge is -2.23. The van der Waals surface area contributed by atoms with Gasteiger partial charge in [0.25, 0.3) is 0 Å². The van der Waals surface area contributed by atoms with E-state index < -0.39 is 23.3 Å². The lowest BCUT2D eigenvalue weighted by Crippen LogP contribution is -2.33. The summed E-state index contributed by atoms with van der Waals surface area (Å²) in [5.41, 5.74) is -0.836. The zero-order valence-corrected chi connectivity index (χ0v) is 11.5. The highest BCUT2D eigenvalue weighted by Crippen LogP contribution is 2.41. The minimum atomic E-state index is -1.14. The summed E-state index contributed by atoms with van der Waals surface area (Å²) in [7, 11) is 0. The molecule has 0 atom stereocenters. The Morgan fingerprint density at radius 1 is 1.10 bits per heavy atom. The smallest absolute Gasteiger partial charge is 0.337 e. The maximum atomic E-state index is 12.1. The minimum Gasteiger partial charge on any atom is -0.481 e. The Bertz CT molecular complexity index is 575. The second kappa shape index (κ2) is 5.95. The fourth-order valence-corrected chi connectivity index (χ4v) is 2.80. The van der Waals surface area contributed by atoms with E-state index in [1.165, 1.54) is 12.1 Å². The van der Waals surface area contributed by atoms with E-state index in [4.69, 9.17) is 5.11 Å². The van der Waals surface area contributed by atoms with E-state index >= 15 is 0 Å². The largest absolute Gasteiger partial charge is 0.481 e. The van der Waals surface area contributed by atoms with E-state index in [9.17, 15) is 19.5 Å². The third-order valence-electron chi connectivity index (χ3n) is 3.94. The molecule has 3 N–H and O–H groups in total. The number of para-hydroxylation sites is 1. The van der Waals surface area contributed by atoms with Crippen LogP contribution in [0, 0.1) is 5.41 Å². The van der Waals surface area contributed by atoms with Crippen molar-refractivity contribution in [3.8, 4) is 0 Å². The summed E-state index contributed by atoms with van der Waals surface area (Å²) < 4.78 is 0. The van der Waals surface area contributed by atoms with Gasteiger partial charge in [-0.25, -0.2) is 4.79 Å². The lowest BCUT2D eigenvalue weighted by atomic mass is 9.82. The Hall–Kier alpha value is -2.37. The summed E-state index contributed by atoms with van der Waals surface area (Å²) in [6, 6.07) is 6.06. The first-order valence-electron chi connectivity index (χ1n) is 6.80. The van der Waals surface area contributed by atoms with Crippen LogP contribution in [-0.4, -0.2) is 28.1 Å². The molecule has 1 amide bonds. The maximum Gasteiger partial charge on any atom is 0.337 e. The highest BCUT2D eigenvalue weighted by molar-refractivity contribution is 6.01. The number of anilines is 1. The van der Waals surface area contributed by atoms with Crippen molar-refractivity contribution in [3.05, 3.63) is 29.8 Å². The fraction of sp³-hybridized carbons (Fsp3) is 0.400. The molecule has 21 heavy (non-hydrogen) atoms. The minimum absolute atomic E-state index is 0.0124. The molecule has 1 aromatic carbocycles. The van der Waals surface area contributed by atoms with Crippen LogP contribution in [0.5, 0.6) is 0 Å². The van der Waals surface area contributed by atoms with Crippen LogP contribution in [0.4, 0.5) is 5.69 Å². The van der Waals surface area contributed by atoms with Crippen LogP contribution in [0.15, 0.2) is 24.3 Å². The van der Waals surface area contributed by atoms with Gasteiger partial charge < -0.3 is 15.5 Å². The second-order valence-electron chi connectivity index (χ2n) is 5.37. The first-order valence-corrected chi connectivity index (χ1v) is 6.80. The Morgan fingerprint density at radius 3 is 2.29 bits per heavy atom. The molecule has 6 nitrogen and oxygen atoms in total. The molecule has 1 aliphatic rings. The normalized spacial score (nSPS) is 16.4. The van der Waals surface area contributed by atoms with Crippen molar-refractivity contribution in [2.45, 2.75) is 32.1 Å². The quantitative estimate of drug-likeness (QED) is 0.772. The molecular formula is C15H17NO5. The molecule has 0 aliphatic heterocycles. The third kappa shape index (κ3) is 3.21. The van der Waals surface area contributed by atoms with E-state index in [-0.39, 0.29) is 17.7 Å². The van der Waals surface area contributed by atoms with Crippen LogP contribution in [0.2, 0.25) is 0 Å². The number of rotatable bonds is 5. The summed E-state index contributed by atoms with van der Waals surface area (Å²) in [5.74, 6) is -2.56. The molecule has 0 bridgehead atoms. The van der Waals surface area contributed by atoms with Gasteiger partial charge in [0.2, 0.25) is 5.91 Å². The average molecular weight is 291 g/mol. The van der Waals surface area contributed by atoms with Crippen LogP contribution in [0.1, 0.15) is 42.5 Å².